The Labute approximate surface area is 76.3 Å². The molecule has 0 radical (unpaired) electrons. The molecule has 1 aliphatic rings. The molecule has 1 heterocycles. The van der Waals surface area contributed by atoms with Gasteiger partial charge in [0.1, 0.15) is 0 Å². The highest BCUT2D eigenvalue weighted by molar-refractivity contribution is 4.92. The van der Waals surface area contributed by atoms with Crippen molar-refractivity contribution < 1.29 is 0 Å². The highest BCUT2D eigenvalue weighted by Crippen LogP contribution is 2.22. The maximum absolute atomic E-state index is 3.47. The molecule has 0 aliphatic carbocycles. The van der Waals surface area contributed by atoms with E-state index in [1.807, 2.05) is 0 Å². The summed E-state index contributed by atoms with van der Waals surface area (Å²) in [6.45, 7) is 12.7. The third kappa shape index (κ3) is 1.80. The van der Waals surface area contributed by atoms with Crippen LogP contribution in [0.15, 0.2) is 0 Å². The molecular weight excluding hydrogens is 148 g/mol. The maximum atomic E-state index is 3.47. The lowest BCUT2D eigenvalue weighted by atomic mass is 9.92. The Morgan fingerprint density at radius 1 is 1.50 bits per heavy atom. The molecule has 1 aliphatic heterocycles. The Bertz CT molecular complexity index is 145. The maximum Gasteiger partial charge on any atom is 0.0306 e. The molecule has 0 amide bonds. The first-order valence-corrected chi connectivity index (χ1v) is 5.07. The molecule has 1 saturated heterocycles. The van der Waals surface area contributed by atoms with Crippen molar-refractivity contribution in [3.63, 3.8) is 0 Å². The summed E-state index contributed by atoms with van der Waals surface area (Å²) in [5, 5.41) is 3.47. The molecular formula is C10H22N2. The van der Waals surface area contributed by atoms with E-state index in [1.54, 1.807) is 0 Å². The van der Waals surface area contributed by atoms with Crippen molar-refractivity contribution in [2.45, 2.75) is 45.7 Å². The summed E-state index contributed by atoms with van der Waals surface area (Å²) in [6.07, 6.45) is 1.23. The van der Waals surface area contributed by atoms with Gasteiger partial charge in [-0.15, -0.1) is 0 Å². The van der Waals surface area contributed by atoms with Crippen molar-refractivity contribution in [2.24, 2.45) is 0 Å². The molecule has 1 fully saturated rings. The number of hydrogen-bond acceptors (Lipinski definition) is 2. The lowest BCUT2D eigenvalue weighted by Crippen LogP contribution is -2.61. The lowest BCUT2D eigenvalue weighted by Gasteiger charge is -2.47. The molecule has 0 aromatic rings. The molecule has 0 saturated carbocycles. The Hall–Kier alpha value is -0.0800. The van der Waals surface area contributed by atoms with E-state index >= 15 is 0 Å². The zero-order valence-corrected chi connectivity index (χ0v) is 8.85. The Morgan fingerprint density at radius 3 is 2.58 bits per heavy atom. The van der Waals surface area contributed by atoms with Gasteiger partial charge in [0.25, 0.3) is 0 Å². The summed E-state index contributed by atoms with van der Waals surface area (Å²) in [4.78, 5) is 2.61. The minimum Gasteiger partial charge on any atom is -0.314 e. The zero-order chi connectivity index (χ0) is 9.19. The van der Waals surface area contributed by atoms with Crippen molar-refractivity contribution in [3.05, 3.63) is 0 Å². The Morgan fingerprint density at radius 2 is 2.17 bits per heavy atom. The van der Waals surface area contributed by atoms with Gasteiger partial charge in [0, 0.05) is 31.2 Å². The smallest absolute Gasteiger partial charge is 0.0306 e. The molecule has 1 N–H and O–H groups in total. The van der Waals surface area contributed by atoms with Crippen molar-refractivity contribution in [2.75, 3.05) is 19.6 Å². The van der Waals surface area contributed by atoms with Crippen molar-refractivity contribution in [3.8, 4) is 0 Å². The molecule has 12 heavy (non-hydrogen) atoms. The van der Waals surface area contributed by atoms with Gasteiger partial charge in [0.15, 0.2) is 0 Å². The number of nitrogens with one attached hydrogen (secondary N) is 1. The second-order valence-electron chi connectivity index (χ2n) is 4.31. The average Bonchev–Trinajstić information content (AvgIpc) is 2.05. The first-order valence-electron chi connectivity index (χ1n) is 5.07. The monoisotopic (exact) mass is 170 g/mol. The molecule has 1 unspecified atom stereocenters. The van der Waals surface area contributed by atoms with Gasteiger partial charge >= 0.3 is 0 Å². The predicted octanol–water partition coefficient (Wildman–Crippen LogP) is 1.47. The molecule has 72 valence electrons. The number of rotatable bonds is 2. The normalized spacial score (nSPS) is 32.8. The van der Waals surface area contributed by atoms with Crippen LogP contribution < -0.4 is 5.32 Å². The number of piperazine rings is 1. The standard InChI is InChI=1S/C10H22N2/c1-5-10(4)8-11-6-7-12(10)9(2)3/h9,11H,5-8H2,1-4H3. The second-order valence-corrected chi connectivity index (χ2v) is 4.31. The molecule has 1 atom stereocenters. The van der Waals surface area contributed by atoms with Gasteiger partial charge in [-0.25, -0.2) is 0 Å². The van der Waals surface area contributed by atoms with E-state index in [4.69, 9.17) is 0 Å². The van der Waals surface area contributed by atoms with Crippen molar-refractivity contribution >= 4 is 0 Å². The number of hydrogen-bond donors (Lipinski definition) is 1. The molecule has 2 nitrogen and oxygen atoms in total. The number of nitrogens with zero attached hydrogens (tertiary/aromatic N) is 1. The van der Waals surface area contributed by atoms with Gasteiger partial charge in [0.05, 0.1) is 0 Å². The first kappa shape index (κ1) is 10.0. The fraction of sp³-hybridized carbons (Fsp3) is 1.00. The second kappa shape index (κ2) is 3.75. The van der Waals surface area contributed by atoms with Crippen molar-refractivity contribution in [1.29, 1.82) is 0 Å². The van der Waals surface area contributed by atoms with Crippen LogP contribution in [0.4, 0.5) is 0 Å². The van der Waals surface area contributed by atoms with Gasteiger partial charge in [0.2, 0.25) is 0 Å². The van der Waals surface area contributed by atoms with Gasteiger partial charge in [-0.1, -0.05) is 6.92 Å². The highest BCUT2D eigenvalue weighted by atomic mass is 15.3. The SMILES string of the molecule is CCC1(C)CNCCN1C(C)C. The van der Waals surface area contributed by atoms with Crippen LogP contribution in [0.2, 0.25) is 0 Å². The van der Waals surface area contributed by atoms with Crippen LogP contribution in [0.25, 0.3) is 0 Å². The minimum atomic E-state index is 0.381. The summed E-state index contributed by atoms with van der Waals surface area (Å²) >= 11 is 0. The topological polar surface area (TPSA) is 15.3 Å². The summed E-state index contributed by atoms with van der Waals surface area (Å²) in [5.41, 5.74) is 0.381. The van der Waals surface area contributed by atoms with E-state index in [9.17, 15) is 0 Å². The molecule has 2 heteroatoms. The molecule has 0 aromatic heterocycles. The summed E-state index contributed by atoms with van der Waals surface area (Å²) in [7, 11) is 0. The summed E-state index contributed by atoms with van der Waals surface area (Å²) in [5.74, 6) is 0. The third-order valence-electron chi connectivity index (χ3n) is 3.11. The minimum absolute atomic E-state index is 0.381. The Balaban J connectivity index is 2.66. The first-order chi connectivity index (χ1) is 5.60. The van der Waals surface area contributed by atoms with E-state index < -0.39 is 0 Å². The van der Waals surface area contributed by atoms with E-state index in [-0.39, 0.29) is 0 Å². The van der Waals surface area contributed by atoms with E-state index in [0.29, 0.717) is 11.6 Å². The van der Waals surface area contributed by atoms with Crippen LogP contribution in [-0.4, -0.2) is 36.1 Å². The van der Waals surface area contributed by atoms with Crippen LogP contribution in [0.1, 0.15) is 34.1 Å². The predicted molar refractivity (Wildman–Crippen MR) is 53.4 cm³/mol. The van der Waals surface area contributed by atoms with Gasteiger partial charge < -0.3 is 5.32 Å². The molecule has 0 aromatic carbocycles. The highest BCUT2D eigenvalue weighted by Gasteiger charge is 2.33. The summed E-state index contributed by atoms with van der Waals surface area (Å²) < 4.78 is 0. The van der Waals surface area contributed by atoms with Crippen LogP contribution in [0.5, 0.6) is 0 Å². The largest absolute Gasteiger partial charge is 0.314 e. The van der Waals surface area contributed by atoms with E-state index in [0.717, 1.165) is 13.1 Å². The van der Waals surface area contributed by atoms with Gasteiger partial charge in [-0.05, 0) is 27.2 Å². The van der Waals surface area contributed by atoms with E-state index in [2.05, 4.69) is 37.9 Å². The van der Waals surface area contributed by atoms with Gasteiger partial charge in [-0.3, -0.25) is 4.90 Å². The average molecular weight is 170 g/mol. The van der Waals surface area contributed by atoms with Crippen LogP contribution in [0, 0.1) is 0 Å². The van der Waals surface area contributed by atoms with Crippen LogP contribution in [-0.2, 0) is 0 Å². The zero-order valence-electron chi connectivity index (χ0n) is 8.85. The van der Waals surface area contributed by atoms with Crippen molar-refractivity contribution in [1.82, 2.24) is 10.2 Å². The van der Waals surface area contributed by atoms with Gasteiger partial charge in [-0.2, -0.15) is 0 Å². The van der Waals surface area contributed by atoms with Crippen LogP contribution >= 0.6 is 0 Å². The Kier molecular flexibility index (Phi) is 3.13. The fourth-order valence-corrected chi connectivity index (χ4v) is 2.14. The third-order valence-corrected chi connectivity index (χ3v) is 3.11. The molecule has 1 rings (SSSR count). The lowest BCUT2D eigenvalue weighted by molar-refractivity contribution is 0.0423. The summed E-state index contributed by atoms with van der Waals surface area (Å²) in [6, 6.07) is 0.678. The molecule has 0 spiro atoms. The quantitative estimate of drug-likeness (QED) is 0.675. The fourth-order valence-electron chi connectivity index (χ4n) is 2.14. The molecule has 0 bridgehead atoms. The van der Waals surface area contributed by atoms with Crippen LogP contribution in [0.3, 0.4) is 0 Å². The van der Waals surface area contributed by atoms with E-state index in [1.165, 1.54) is 13.0 Å².